The Labute approximate surface area is 190 Å². The van der Waals surface area contributed by atoms with Gasteiger partial charge in [-0.15, -0.1) is 0 Å². The number of amides is 2. The molecule has 0 radical (unpaired) electrons. The lowest BCUT2D eigenvalue weighted by molar-refractivity contribution is -0.146. The van der Waals surface area contributed by atoms with E-state index in [4.69, 9.17) is 4.74 Å². The van der Waals surface area contributed by atoms with Crippen molar-refractivity contribution in [1.29, 1.82) is 0 Å². The molecule has 0 bridgehead atoms. The first-order valence-corrected chi connectivity index (χ1v) is 13.2. The molecule has 3 heterocycles. The number of sulfonamides is 1. The van der Waals surface area contributed by atoms with Crippen LogP contribution in [0.4, 0.5) is 0 Å². The smallest absolute Gasteiger partial charge is 0.251 e. The number of hydrogen-bond donors (Lipinski definition) is 0. The van der Waals surface area contributed by atoms with Crippen molar-refractivity contribution >= 4 is 21.8 Å². The van der Waals surface area contributed by atoms with Crippen LogP contribution >= 0.6 is 0 Å². The number of nitrogens with zero attached hydrogens (tertiary/aromatic N) is 3. The van der Waals surface area contributed by atoms with Crippen LogP contribution in [0.5, 0.6) is 0 Å². The van der Waals surface area contributed by atoms with Gasteiger partial charge in [0.25, 0.3) is 5.91 Å². The zero-order valence-electron chi connectivity index (χ0n) is 18.6. The van der Waals surface area contributed by atoms with Crippen molar-refractivity contribution < 1.29 is 22.7 Å². The molecule has 9 heteroatoms. The summed E-state index contributed by atoms with van der Waals surface area (Å²) in [5.41, 5.74) is 0.947. The summed E-state index contributed by atoms with van der Waals surface area (Å²) in [4.78, 5) is 29.0. The Morgan fingerprint density at radius 1 is 0.875 bits per heavy atom. The average Bonchev–Trinajstić information content (AvgIpc) is 3.38. The fraction of sp³-hybridized carbons (Fsp3) is 0.652. The molecule has 0 N–H and O–H groups in total. The van der Waals surface area contributed by atoms with E-state index < -0.39 is 10.0 Å². The van der Waals surface area contributed by atoms with Gasteiger partial charge in [-0.3, -0.25) is 9.59 Å². The first-order valence-electron chi connectivity index (χ1n) is 11.7. The summed E-state index contributed by atoms with van der Waals surface area (Å²) >= 11 is 0. The van der Waals surface area contributed by atoms with Gasteiger partial charge < -0.3 is 14.5 Å². The summed E-state index contributed by atoms with van der Waals surface area (Å²) in [6.07, 6.45) is 5.26. The van der Waals surface area contributed by atoms with Crippen molar-refractivity contribution in [2.45, 2.75) is 55.9 Å². The average molecular weight is 464 g/mol. The largest absolute Gasteiger partial charge is 0.368 e. The third kappa shape index (κ3) is 5.32. The van der Waals surface area contributed by atoms with Gasteiger partial charge in [-0.25, -0.2) is 8.42 Å². The second-order valence-corrected chi connectivity index (χ2v) is 10.8. The molecule has 8 nitrogen and oxygen atoms in total. The van der Waals surface area contributed by atoms with Crippen LogP contribution in [-0.4, -0.2) is 86.3 Å². The molecule has 176 valence electrons. The number of piperazine rings is 1. The molecule has 0 spiro atoms. The van der Waals surface area contributed by atoms with Crippen LogP contribution in [0.1, 0.15) is 44.1 Å². The first kappa shape index (κ1) is 23.2. The molecule has 3 aliphatic heterocycles. The predicted octanol–water partition coefficient (Wildman–Crippen LogP) is 1.64. The molecule has 3 saturated heterocycles. The van der Waals surface area contributed by atoms with Crippen molar-refractivity contribution in [1.82, 2.24) is 14.1 Å². The summed E-state index contributed by atoms with van der Waals surface area (Å²) in [5.74, 6) is 0.119. The van der Waals surface area contributed by atoms with E-state index in [2.05, 4.69) is 0 Å². The minimum absolute atomic E-state index is 0.0502. The highest BCUT2D eigenvalue weighted by atomic mass is 32.2. The number of rotatable bonds is 6. The van der Waals surface area contributed by atoms with E-state index in [9.17, 15) is 18.0 Å². The number of piperidine rings is 1. The second-order valence-electron chi connectivity index (χ2n) is 8.82. The van der Waals surface area contributed by atoms with Crippen LogP contribution in [-0.2, 0) is 30.8 Å². The molecule has 1 aromatic rings. The summed E-state index contributed by atoms with van der Waals surface area (Å²) in [5, 5.41) is 0. The van der Waals surface area contributed by atoms with Crippen LogP contribution < -0.4 is 0 Å². The van der Waals surface area contributed by atoms with E-state index in [1.165, 1.54) is 0 Å². The fourth-order valence-corrected chi connectivity index (χ4v) is 6.16. The highest BCUT2D eigenvalue weighted by Gasteiger charge is 2.31. The molecule has 0 aromatic heterocycles. The van der Waals surface area contributed by atoms with Gasteiger partial charge in [0, 0.05) is 52.3 Å². The molecule has 1 aromatic carbocycles. The Hall–Kier alpha value is -1.97. The van der Waals surface area contributed by atoms with E-state index >= 15 is 0 Å². The van der Waals surface area contributed by atoms with E-state index in [1.807, 2.05) is 17.0 Å². The SMILES string of the molecule is O=C(CCc1ccc(S(=O)(=O)N2CCCCC2)cc1)N1CCN(C(=O)C2CCCO2)CC1. The molecule has 4 rings (SSSR count). The quantitative estimate of drug-likeness (QED) is 0.640. The third-order valence-electron chi connectivity index (χ3n) is 6.65. The third-order valence-corrected chi connectivity index (χ3v) is 8.57. The zero-order chi connectivity index (χ0) is 22.6. The summed E-state index contributed by atoms with van der Waals surface area (Å²) < 4.78 is 32.6. The van der Waals surface area contributed by atoms with Gasteiger partial charge in [0.15, 0.2) is 0 Å². The highest BCUT2D eigenvalue weighted by molar-refractivity contribution is 7.89. The van der Waals surface area contributed by atoms with Crippen molar-refractivity contribution in [3.8, 4) is 0 Å². The van der Waals surface area contributed by atoms with E-state index in [0.717, 1.165) is 37.7 Å². The van der Waals surface area contributed by atoms with Crippen LogP contribution in [0.25, 0.3) is 0 Å². The van der Waals surface area contributed by atoms with Gasteiger partial charge in [0.05, 0.1) is 4.90 Å². The molecule has 1 unspecified atom stereocenters. The van der Waals surface area contributed by atoms with Gasteiger partial charge in [-0.1, -0.05) is 18.6 Å². The van der Waals surface area contributed by atoms with Crippen molar-refractivity contribution in [2.75, 3.05) is 45.9 Å². The number of hydrogen-bond acceptors (Lipinski definition) is 5. The number of carbonyl (C=O) groups excluding carboxylic acids is 2. The minimum Gasteiger partial charge on any atom is -0.368 e. The standard InChI is InChI=1S/C23H33N3O5S/c27-22(24-14-16-25(17-15-24)23(28)21-5-4-18-31-21)11-8-19-6-9-20(10-7-19)32(29,30)26-12-2-1-3-13-26/h6-7,9-10,21H,1-5,8,11-18H2. The van der Waals surface area contributed by atoms with Crippen LogP contribution in [0, 0.1) is 0 Å². The topological polar surface area (TPSA) is 87.2 Å². The van der Waals surface area contributed by atoms with Crippen LogP contribution in [0.15, 0.2) is 29.2 Å². The molecule has 3 fully saturated rings. The lowest BCUT2D eigenvalue weighted by atomic mass is 10.1. The number of aryl methyl sites for hydroxylation is 1. The molecule has 32 heavy (non-hydrogen) atoms. The molecular weight excluding hydrogens is 430 g/mol. The second kappa shape index (κ2) is 10.3. The monoisotopic (exact) mass is 463 g/mol. The Morgan fingerprint density at radius 3 is 2.16 bits per heavy atom. The lowest BCUT2D eigenvalue weighted by Crippen LogP contribution is -2.52. The van der Waals surface area contributed by atoms with E-state index in [0.29, 0.717) is 63.6 Å². The Balaban J connectivity index is 1.24. The highest BCUT2D eigenvalue weighted by Crippen LogP contribution is 2.21. The van der Waals surface area contributed by atoms with Crippen LogP contribution in [0.2, 0.25) is 0 Å². The molecule has 1 atom stereocenters. The van der Waals surface area contributed by atoms with Gasteiger partial charge in [0.1, 0.15) is 6.10 Å². The van der Waals surface area contributed by atoms with Gasteiger partial charge in [-0.2, -0.15) is 4.31 Å². The van der Waals surface area contributed by atoms with Gasteiger partial charge in [0.2, 0.25) is 15.9 Å². The fourth-order valence-electron chi connectivity index (χ4n) is 4.64. The molecule has 0 saturated carbocycles. The molecule has 2 amide bonds. The number of carbonyl (C=O) groups is 2. The van der Waals surface area contributed by atoms with Crippen molar-refractivity contribution in [3.05, 3.63) is 29.8 Å². The summed E-state index contributed by atoms with van der Waals surface area (Å²) in [6, 6.07) is 6.92. The normalized spacial score (nSPS) is 22.8. The maximum Gasteiger partial charge on any atom is 0.251 e. The van der Waals surface area contributed by atoms with Gasteiger partial charge >= 0.3 is 0 Å². The Kier molecular flexibility index (Phi) is 7.48. The summed E-state index contributed by atoms with van der Waals surface area (Å²) in [7, 11) is -3.43. The predicted molar refractivity (Wildman–Crippen MR) is 120 cm³/mol. The zero-order valence-corrected chi connectivity index (χ0v) is 19.4. The Bertz CT molecular complexity index is 898. The minimum atomic E-state index is -3.43. The summed E-state index contributed by atoms with van der Waals surface area (Å²) in [6.45, 7) is 4.02. The van der Waals surface area contributed by atoms with E-state index in [-0.39, 0.29) is 17.9 Å². The van der Waals surface area contributed by atoms with Crippen LogP contribution in [0.3, 0.4) is 0 Å². The Morgan fingerprint density at radius 2 is 1.53 bits per heavy atom. The molecule has 3 aliphatic rings. The number of ether oxygens (including phenoxy) is 1. The van der Waals surface area contributed by atoms with E-state index in [1.54, 1.807) is 21.3 Å². The maximum absolute atomic E-state index is 12.8. The maximum atomic E-state index is 12.8. The molecule has 0 aliphatic carbocycles. The van der Waals surface area contributed by atoms with Crippen molar-refractivity contribution in [3.63, 3.8) is 0 Å². The van der Waals surface area contributed by atoms with Gasteiger partial charge in [-0.05, 0) is 49.8 Å². The molecular formula is C23H33N3O5S. The number of benzene rings is 1. The first-order chi connectivity index (χ1) is 15.4. The van der Waals surface area contributed by atoms with Crippen molar-refractivity contribution in [2.24, 2.45) is 0 Å². The lowest BCUT2D eigenvalue weighted by Gasteiger charge is -2.35.